The molecule has 0 fully saturated rings. The van der Waals surface area contributed by atoms with Gasteiger partial charge in [-0.2, -0.15) is 13.2 Å². The molecule has 1 aromatic heterocycles. The average Bonchev–Trinajstić information content (AvgIpc) is 2.58. The van der Waals surface area contributed by atoms with Crippen molar-refractivity contribution in [3.8, 4) is 0 Å². The first-order valence-corrected chi connectivity index (χ1v) is 6.00. The Hall–Kier alpha value is -0.620. The second-order valence-electron chi connectivity index (χ2n) is 3.94. The summed E-state index contributed by atoms with van der Waals surface area (Å²) in [5.74, 6) is 0. The van der Waals surface area contributed by atoms with E-state index in [1.54, 1.807) is 0 Å². The van der Waals surface area contributed by atoms with E-state index in [4.69, 9.17) is 0 Å². The van der Waals surface area contributed by atoms with E-state index in [-0.39, 0.29) is 6.42 Å². The highest BCUT2D eigenvalue weighted by atomic mass is 32.1. The molecule has 0 amide bonds. The molecule has 0 aliphatic heterocycles. The molecule has 90 valence electrons. The fraction of sp³-hybridized carbons (Fsp3) is 0.700. The van der Waals surface area contributed by atoms with E-state index in [9.17, 15) is 18.3 Å². The Bertz CT molecular complexity index is 375. The first-order chi connectivity index (χ1) is 7.46. The molecule has 1 unspecified atom stereocenters. The van der Waals surface area contributed by atoms with Gasteiger partial charge >= 0.3 is 6.18 Å². The van der Waals surface area contributed by atoms with Gasteiger partial charge in [-0.05, 0) is 19.3 Å². The quantitative estimate of drug-likeness (QED) is 0.876. The minimum absolute atomic E-state index is 0.0755. The summed E-state index contributed by atoms with van der Waals surface area (Å²) in [6.45, 7) is 0. The number of rotatable bonds is 2. The molecule has 6 heteroatoms. The van der Waals surface area contributed by atoms with E-state index >= 15 is 0 Å². The molecule has 0 saturated heterocycles. The summed E-state index contributed by atoms with van der Waals surface area (Å²) in [6, 6.07) is 0. The molecule has 0 aromatic carbocycles. The van der Waals surface area contributed by atoms with Crippen molar-refractivity contribution in [1.82, 2.24) is 4.98 Å². The van der Waals surface area contributed by atoms with E-state index in [1.807, 2.05) is 0 Å². The van der Waals surface area contributed by atoms with Crippen LogP contribution in [0.1, 0.15) is 40.9 Å². The zero-order valence-corrected chi connectivity index (χ0v) is 9.37. The molecular weight excluding hydrogens is 239 g/mol. The van der Waals surface area contributed by atoms with Crippen LogP contribution < -0.4 is 0 Å². The molecule has 2 nitrogen and oxygen atoms in total. The molecule has 2 rings (SSSR count). The van der Waals surface area contributed by atoms with Crippen molar-refractivity contribution < 1.29 is 18.3 Å². The number of aromatic nitrogens is 1. The zero-order chi connectivity index (χ0) is 11.8. The van der Waals surface area contributed by atoms with E-state index < -0.39 is 18.7 Å². The summed E-state index contributed by atoms with van der Waals surface area (Å²) in [6.07, 6.45) is -3.26. The lowest BCUT2D eigenvalue weighted by atomic mass is 10.0. The van der Waals surface area contributed by atoms with Gasteiger partial charge in [-0.15, -0.1) is 11.3 Å². The lowest BCUT2D eigenvalue weighted by molar-refractivity contribution is -0.134. The SMILES string of the molecule is OC1CCCc2nc(CCC(F)(F)F)sc21. The number of fused-ring (bicyclic) bond motifs is 1. The van der Waals surface area contributed by atoms with Crippen LogP contribution in [0.25, 0.3) is 0 Å². The van der Waals surface area contributed by atoms with Crippen LogP contribution in [0.15, 0.2) is 0 Å². The Morgan fingerprint density at radius 2 is 2.19 bits per heavy atom. The minimum Gasteiger partial charge on any atom is -0.388 e. The predicted molar refractivity (Wildman–Crippen MR) is 54.4 cm³/mol. The second-order valence-corrected chi connectivity index (χ2v) is 5.06. The summed E-state index contributed by atoms with van der Waals surface area (Å²) in [5.41, 5.74) is 0.793. The fourth-order valence-electron chi connectivity index (χ4n) is 1.80. The van der Waals surface area contributed by atoms with Crippen molar-refractivity contribution in [3.63, 3.8) is 0 Å². The fourth-order valence-corrected chi connectivity index (χ4v) is 2.94. The zero-order valence-electron chi connectivity index (χ0n) is 8.55. The highest BCUT2D eigenvalue weighted by Gasteiger charge is 2.28. The third kappa shape index (κ3) is 2.74. The van der Waals surface area contributed by atoms with Gasteiger partial charge in [0.1, 0.15) is 0 Å². The largest absolute Gasteiger partial charge is 0.389 e. The van der Waals surface area contributed by atoms with Crippen LogP contribution in [0.3, 0.4) is 0 Å². The maximum Gasteiger partial charge on any atom is 0.389 e. The Labute approximate surface area is 95.1 Å². The molecule has 1 heterocycles. The van der Waals surface area contributed by atoms with Crippen molar-refractivity contribution >= 4 is 11.3 Å². The van der Waals surface area contributed by atoms with Gasteiger partial charge in [-0.25, -0.2) is 4.98 Å². The molecule has 1 aliphatic carbocycles. The minimum atomic E-state index is -4.13. The van der Waals surface area contributed by atoms with Crippen LogP contribution in [0.4, 0.5) is 13.2 Å². The maximum absolute atomic E-state index is 12.0. The monoisotopic (exact) mass is 251 g/mol. The van der Waals surface area contributed by atoms with Gasteiger partial charge in [0.15, 0.2) is 0 Å². The predicted octanol–water partition coefficient (Wildman–Crippen LogP) is 3.01. The molecule has 1 N–H and O–H groups in total. The molecule has 16 heavy (non-hydrogen) atoms. The number of aryl methyl sites for hydroxylation is 2. The number of aliphatic hydroxyl groups is 1. The van der Waals surface area contributed by atoms with Crippen LogP contribution in [0.2, 0.25) is 0 Å². The third-order valence-electron chi connectivity index (χ3n) is 2.59. The van der Waals surface area contributed by atoms with Gasteiger partial charge in [0.25, 0.3) is 0 Å². The van der Waals surface area contributed by atoms with Crippen LogP contribution in [-0.4, -0.2) is 16.3 Å². The Kier molecular flexibility index (Phi) is 3.21. The summed E-state index contributed by atoms with van der Waals surface area (Å²) in [4.78, 5) is 4.93. The average molecular weight is 251 g/mol. The number of halogens is 3. The van der Waals surface area contributed by atoms with E-state index in [2.05, 4.69) is 4.98 Å². The van der Waals surface area contributed by atoms with Gasteiger partial charge in [-0.1, -0.05) is 0 Å². The molecule has 1 aliphatic rings. The summed E-state index contributed by atoms with van der Waals surface area (Å²) < 4.78 is 36.1. The van der Waals surface area contributed by atoms with Crippen LogP contribution in [0, 0.1) is 0 Å². The number of nitrogens with zero attached hydrogens (tertiary/aromatic N) is 1. The number of thiazole rings is 1. The lowest BCUT2D eigenvalue weighted by Crippen LogP contribution is -2.08. The number of hydrogen-bond acceptors (Lipinski definition) is 3. The van der Waals surface area contributed by atoms with Gasteiger partial charge in [0.05, 0.1) is 21.7 Å². The maximum atomic E-state index is 12.0. The van der Waals surface area contributed by atoms with Crippen molar-refractivity contribution in [2.24, 2.45) is 0 Å². The summed E-state index contributed by atoms with van der Waals surface area (Å²) >= 11 is 1.22. The molecule has 0 spiro atoms. The molecule has 0 bridgehead atoms. The molecule has 0 saturated carbocycles. The summed E-state index contributed by atoms with van der Waals surface area (Å²) in [7, 11) is 0. The highest BCUT2D eigenvalue weighted by Crippen LogP contribution is 2.35. The Balaban J connectivity index is 2.07. The molecule has 0 radical (unpaired) electrons. The Morgan fingerprint density at radius 3 is 2.81 bits per heavy atom. The normalized spacial score (nSPS) is 20.9. The smallest absolute Gasteiger partial charge is 0.388 e. The molecular formula is C10H12F3NOS. The van der Waals surface area contributed by atoms with Crippen molar-refractivity contribution in [3.05, 3.63) is 15.6 Å². The molecule has 1 atom stereocenters. The van der Waals surface area contributed by atoms with Gasteiger partial charge < -0.3 is 5.11 Å². The van der Waals surface area contributed by atoms with Gasteiger partial charge in [0.2, 0.25) is 0 Å². The van der Waals surface area contributed by atoms with Crippen molar-refractivity contribution in [2.45, 2.75) is 44.4 Å². The standard InChI is InChI=1S/C10H12F3NOS/c11-10(12,13)5-4-8-14-6-2-1-3-7(15)9(6)16-8/h7,15H,1-5H2. The topological polar surface area (TPSA) is 33.1 Å². The molecule has 1 aromatic rings. The van der Waals surface area contributed by atoms with E-state index in [1.165, 1.54) is 11.3 Å². The van der Waals surface area contributed by atoms with Gasteiger partial charge in [-0.3, -0.25) is 0 Å². The lowest BCUT2D eigenvalue weighted by Gasteiger charge is -2.14. The third-order valence-corrected chi connectivity index (χ3v) is 3.85. The number of hydrogen-bond donors (Lipinski definition) is 1. The number of aliphatic hydroxyl groups excluding tert-OH is 1. The van der Waals surface area contributed by atoms with Crippen LogP contribution >= 0.6 is 11.3 Å². The first kappa shape index (κ1) is 11.9. The highest BCUT2D eigenvalue weighted by molar-refractivity contribution is 7.11. The first-order valence-electron chi connectivity index (χ1n) is 5.19. The van der Waals surface area contributed by atoms with Crippen molar-refractivity contribution in [2.75, 3.05) is 0 Å². The van der Waals surface area contributed by atoms with Crippen LogP contribution in [0.5, 0.6) is 0 Å². The Morgan fingerprint density at radius 1 is 1.44 bits per heavy atom. The van der Waals surface area contributed by atoms with Gasteiger partial charge in [0, 0.05) is 12.8 Å². The van der Waals surface area contributed by atoms with E-state index in [0.29, 0.717) is 11.4 Å². The van der Waals surface area contributed by atoms with Crippen molar-refractivity contribution in [1.29, 1.82) is 0 Å². The number of alkyl halides is 3. The van der Waals surface area contributed by atoms with E-state index in [0.717, 1.165) is 23.4 Å². The summed E-state index contributed by atoms with van der Waals surface area (Å²) in [5, 5.41) is 10.1. The second kappa shape index (κ2) is 4.33. The van der Waals surface area contributed by atoms with Crippen LogP contribution in [-0.2, 0) is 12.8 Å².